The van der Waals surface area contributed by atoms with Crippen molar-refractivity contribution in [2.45, 2.75) is 39.3 Å². The Balaban J connectivity index is 1.82. The van der Waals surface area contributed by atoms with Crippen molar-refractivity contribution in [3.63, 3.8) is 0 Å². The van der Waals surface area contributed by atoms with E-state index in [0.29, 0.717) is 23.5 Å². The Hall–Kier alpha value is -3.00. The highest BCUT2D eigenvalue weighted by molar-refractivity contribution is 6.21. The number of benzene rings is 1. The van der Waals surface area contributed by atoms with Gasteiger partial charge in [0.1, 0.15) is 0 Å². The van der Waals surface area contributed by atoms with Gasteiger partial charge < -0.3 is 10.0 Å². The topological polar surface area (TPSA) is 91.0 Å². The second-order valence-electron chi connectivity index (χ2n) is 7.11. The predicted molar refractivity (Wildman–Crippen MR) is 106 cm³/mol. The molecule has 28 heavy (non-hydrogen) atoms. The molecule has 1 aromatic carbocycles. The van der Waals surface area contributed by atoms with E-state index in [-0.39, 0.29) is 12.3 Å². The summed E-state index contributed by atoms with van der Waals surface area (Å²) >= 11 is 0. The van der Waals surface area contributed by atoms with Gasteiger partial charge in [0.2, 0.25) is 0 Å². The van der Waals surface area contributed by atoms with Gasteiger partial charge in [-0.3, -0.25) is 14.3 Å². The zero-order valence-electron chi connectivity index (χ0n) is 16.8. The van der Waals surface area contributed by atoms with Crippen LogP contribution in [-0.4, -0.2) is 50.0 Å². The summed E-state index contributed by atoms with van der Waals surface area (Å²) < 4.78 is 1.77. The first kappa shape index (κ1) is 19.8. The summed E-state index contributed by atoms with van der Waals surface area (Å²) in [5.74, 6) is -0.681. The molecule has 1 aliphatic heterocycles. The van der Waals surface area contributed by atoms with Crippen molar-refractivity contribution in [2.24, 2.45) is 12.1 Å². The average molecular weight is 383 g/mol. The lowest BCUT2D eigenvalue weighted by molar-refractivity contribution is -0.129. The maximum atomic E-state index is 12.9. The Labute approximate surface area is 164 Å². The second-order valence-corrected chi connectivity index (χ2v) is 7.11. The number of hydrogen-bond donors (Lipinski definition) is 1. The Morgan fingerprint density at radius 3 is 2.61 bits per heavy atom. The summed E-state index contributed by atoms with van der Waals surface area (Å²) in [4.78, 5) is 27.1. The molecule has 0 aliphatic carbocycles. The molecule has 0 radical (unpaired) electrons. The molecule has 8 heteroatoms. The molecule has 0 bridgehead atoms. The second kappa shape index (κ2) is 7.20. The highest BCUT2D eigenvalue weighted by Crippen LogP contribution is 2.29. The molecule has 0 saturated carbocycles. The molecule has 1 aromatic heterocycles. The fourth-order valence-electron chi connectivity index (χ4n) is 3.21. The zero-order chi connectivity index (χ0) is 20.6. The molecule has 2 amide bonds. The molecule has 148 valence electrons. The van der Waals surface area contributed by atoms with E-state index in [0.717, 1.165) is 11.3 Å². The van der Waals surface area contributed by atoms with Crippen molar-refractivity contribution in [3.8, 4) is 0 Å². The molecule has 0 unspecified atom stereocenters. The van der Waals surface area contributed by atoms with Crippen molar-refractivity contribution in [3.05, 3.63) is 47.3 Å². The van der Waals surface area contributed by atoms with Crippen LogP contribution in [-0.2, 0) is 18.4 Å². The molecule has 3 rings (SSSR count). The molecule has 1 N–H and O–H groups in total. The van der Waals surface area contributed by atoms with E-state index in [2.05, 4.69) is 10.2 Å². The minimum absolute atomic E-state index is 0.178. The van der Waals surface area contributed by atoms with Crippen molar-refractivity contribution in [1.29, 1.82) is 0 Å². The molecule has 0 saturated heterocycles. The van der Waals surface area contributed by atoms with Gasteiger partial charge in [-0.1, -0.05) is 13.0 Å². The van der Waals surface area contributed by atoms with E-state index in [1.54, 1.807) is 60.9 Å². The Bertz CT molecular complexity index is 965. The van der Waals surface area contributed by atoms with Gasteiger partial charge in [-0.05, 0) is 38.5 Å². The number of carbonyl (C=O) groups excluding carboxylic acids is 2. The minimum atomic E-state index is -1.59. The van der Waals surface area contributed by atoms with Gasteiger partial charge in [-0.15, -0.1) is 0 Å². The maximum absolute atomic E-state index is 12.9. The smallest absolute Gasteiger partial charge is 0.285 e. The zero-order valence-corrected chi connectivity index (χ0v) is 16.8. The lowest BCUT2D eigenvalue weighted by Gasteiger charge is -2.21. The monoisotopic (exact) mass is 383 g/mol. The van der Waals surface area contributed by atoms with Crippen molar-refractivity contribution in [2.75, 3.05) is 12.1 Å². The van der Waals surface area contributed by atoms with E-state index in [4.69, 9.17) is 0 Å². The molecule has 2 aromatic rings. The predicted octanol–water partition coefficient (Wildman–Crippen LogP) is 1.86. The van der Waals surface area contributed by atoms with Crippen LogP contribution in [0.4, 0.5) is 5.69 Å². The van der Waals surface area contributed by atoms with Crippen LogP contribution in [0.2, 0.25) is 0 Å². The summed E-state index contributed by atoms with van der Waals surface area (Å²) in [6.45, 7) is 5.74. The molecular formula is C20H25N5O3. The lowest BCUT2D eigenvalue weighted by Crippen LogP contribution is -2.45. The van der Waals surface area contributed by atoms with E-state index in [1.807, 2.05) is 14.0 Å². The van der Waals surface area contributed by atoms with Gasteiger partial charge >= 0.3 is 0 Å². The van der Waals surface area contributed by atoms with Gasteiger partial charge in [-0.25, -0.2) is 0 Å². The normalized spacial score (nSPS) is 19.1. The number of rotatable bonds is 5. The van der Waals surface area contributed by atoms with Crippen molar-refractivity contribution < 1.29 is 14.7 Å². The molecule has 0 fully saturated rings. The summed E-state index contributed by atoms with van der Waals surface area (Å²) in [5, 5.41) is 20.1. The van der Waals surface area contributed by atoms with E-state index in [1.165, 1.54) is 5.01 Å². The van der Waals surface area contributed by atoms with E-state index >= 15 is 0 Å². The highest BCUT2D eigenvalue weighted by Gasteiger charge is 2.46. The fourth-order valence-corrected chi connectivity index (χ4v) is 3.21. The van der Waals surface area contributed by atoms with Crippen molar-refractivity contribution in [1.82, 2.24) is 14.7 Å². The number of aliphatic hydroxyl groups is 1. The molecule has 1 aliphatic rings. The number of aryl methyl sites for hydroxylation is 1. The third-order valence-electron chi connectivity index (χ3n) is 5.34. The van der Waals surface area contributed by atoms with Crippen LogP contribution in [0.1, 0.15) is 41.9 Å². The van der Waals surface area contributed by atoms with Crippen LogP contribution >= 0.6 is 0 Å². The SMILES string of the molecule is CC[C@@]1(O)C(=O)N(c2cccc(C(=O)N(C)Cc3cnn(C)c3C)c2)N=C1C. The fraction of sp³-hybridized carbons (Fsp3) is 0.400. The first-order valence-corrected chi connectivity index (χ1v) is 9.14. The van der Waals surface area contributed by atoms with Crippen LogP contribution < -0.4 is 5.01 Å². The van der Waals surface area contributed by atoms with Gasteiger partial charge in [0.05, 0.1) is 17.6 Å². The Morgan fingerprint density at radius 2 is 2.04 bits per heavy atom. The third-order valence-corrected chi connectivity index (χ3v) is 5.34. The lowest BCUT2D eigenvalue weighted by atomic mass is 9.95. The van der Waals surface area contributed by atoms with E-state index in [9.17, 15) is 14.7 Å². The maximum Gasteiger partial charge on any atom is 0.285 e. The highest BCUT2D eigenvalue weighted by atomic mass is 16.3. The quantitative estimate of drug-likeness (QED) is 0.853. The van der Waals surface area contributed by atoms with Crippen molar-refractivity contribution >= 4 is 23.2 Å². The summed E-state index contributed by atoms with van der Waals surface area (Å²) in [7, 11) is 3.58. The van der Waals surface area contributed by atoms with Crippen LogP contribution in [0.3, 0.4) is 0 Å². The van der Waals surface area contributed by atoms with Gasteiger partial charge in [-0.2, -0.15) is 15.2 Å². The molecule has 1 atom stereocenters. The van der Waals surface area contributed by atoms with Crippen LogP contribution in [0.15, 0.2) is 35.6 Å². The van der Waals surface area contributed by atoms with Gasteiger partial charge in [0.15, 0.2) is 5.60 Å². The summed E-state index contributed by atoms with van der Waals surface area (Å²) in [6.07, 6.45) is 1.99. The number of amides is 2. The molecular weight excluding hydrogens is 358 g/mol. The number of anilines is 1. The molecule has 8 nitrogen and oxygen atoms in total. The average Bonchev–Trinajstić information content (AvgIpc) is 3.13. The number of carbonyl (C=O) groups is 2. The molecule has 2 heterocycles. The number of nitrogens with zero attached hydrogens (tertiary/aromatic N) is 5. The number of aromatic nitrogens is 2. The standard InChI is InChI=1S/C20H25N5O3/c1-6-20(28)14(3)22-25(19(20)27)17-9-7-8-15(10-17)18(26)23(4)12-16-11-21-24(5)13(16)2/h7-11,28H,6,12H2,1-5H3/t20-/m0/s1. The summed E-state index contributed by atoms with van der Waals surface area (Å²) in [6, 6.07) is 6.71. The summed E-state index contributed by atoms with van der Waals surface area (Å²) in [5.41, 5.74) is 1.62. The Morgan fingerprint density at radius 1 is 1.32 bits per heavy atom. The van der Waals surface area contributed by atoms with E-state index < -0.39 is 11.5 Å². The largest absolute Gasteiger partial charge is 0.374 e. The van der Waals surface area contributed by atoms with Gasteiger partial charge in [0.25, 0.3) is 11.8 Å². The number of hydrogen-bond acceptors (Lipinski definition) is 5. The molecule has 0 spiro atoms. The van der Waals surface area contributed by atoms with Crippen LogP contribution in [0.5, 0.6) is 0 Å². The first-order valence-electron chi connectivity index (χ1n) is 9.14. The number of hydrazone groups is 1. The Kier molecular flexibility index (Phi) is 5.08. The third kappa shape index (κ3) is 3.20. The minimum Gasteiger partial charge on any atom is -0.374 e. The van der Waals surface area contributed by atoms with Crippen LogP contribution in [0.25, 0.3) is 0 Å². The van der Waals surface area contributed by atoms with Crippen LogP contribution in [0, 0.1) is 6.92 Å². The van der Waals surface area contributed by atoms with Gasteiger partial charge in [0, 0.05) is 37.5 Å². The first-order chi connectivity index (χ1) is 13.2.